The number of hydrogen-bond donors (Lipinski definition) is 2. The van der Waals surface area contributed by atoms with Crippen molar-refractivity contribution in [3.8, 4) is 11.5 Å². The Morgan fingerprint density at radius 1 is 1.30 bits per heavy atom. The molecule has 0 saturated carbocycles. The molecule has 0 aliphatic carbocycles. The molecule has 1 aromatic heterocycles. The van der Waals surface area contributed by atoms with Crippen LogP contribution in [0.15, 0.2) is 35.1 Å². The van der Waals surface area contributed by atoms with E-state index in [0.29, 0.717) is 16.6 Å². The number of hydrogen-bond acceptors (Lipinski definition) is 4. The highest BCUT2D eigenvalue weighted by atomic mass is 79.9. The van der Waals surface area contributed by atoms with Gasteiger partial charge in [-0.05, 0) is 46.7 Å². The van der Waals surface area contributed by atoms with Crippen LogP contribution in [0.3, 0.4) is 0 Å². The molecule has 1 heterocycles. The van der Waals surface area contributed by atoms with Gasteiger partial charge in [0.05, 0.1) is 24.9 Å². The first-order chi connectivity index (χ1) is 11.1. The molecule has 6 nitrogen and oxygen atoms in total. The number of thiocarbonyl (C=S) groups is 1. The molecule has 1 aromatic carbocycles. The zero-order chi connectivity index (χ0) is 16.7. The molecule has 0 saturated heterocycles. The summed E-state index contributed by atoms with van der Waals surface area (Å²) in [4.78, 5) is 0. The standard InChI is InChI=1S/C15H19BrN4O2S/c1-21-13-5-4-12(8-14(13)22-2)19-15(23)17-6-3-7-20-10-11(16)9-18-20/h4-5,8-10H,3,6-7H2,1-2H3,(H2,17,19,23). The highest BCUT2D eigenvalue weighted by molar-refractivity contribution is 9.10. The summed E-state index contributed by atoms with van der Waals surface area (Å²) < 4.78 is 13.3. The number of nitrogens with one attached hydrogen (secondary N) is 2. The van der Waals surface area contributed by atoms with Crippen molar-refractivity contribution in [2.24, 2.45) is 0 Å². The van der Waals surface area contributed by atoms with Crippen LogP contribution in [0.4, 0.5) is 5.69 Å². The van der Waals surface area contributed by atoms with Crippen molar-refractivity contribution in [2.75, 3.05) is 26.1 Å². The van der Waals surface area contributed by atoms with E-state index in [1.54, 1.807) is 20.4 Å². The van der Waals surface area contributed by atoms with E-state index in [1.165, 1.54) is 0 Å². The van der Waals surface area contributed by atoms with Gasteiger partial charge in [-0.1, -0.05) is 0 Å². The minimum Gasteiger partial charge on any atom is -0.493 e. The molecule has 2 aromatic rings. The van der Waals surface area contributed by atoms with Crippen molar-refractivity contribution in [3.05, 3.63) is 35.1 Å². The van der Waals surface area contributed by atoms with Crippen LogP contribution in [0.2, 0.25) is 0 Å². The Kier molecular flexibility index (Phi) is 6.66. The van der Waals surface area contributed by atoms with Crippen LogP contribution in [-0.4, -0.2) is 35.7 Å². The number of anilines is 1. The highest BCUT2D eigenvalue weighted by Gasteiger charge is 2.05. The molecule has 0 amide bonds. The van der Waals surface area contributed by atoms with Crippen LogP contribution in [0.5, 0.6) is 11.5 Å². The van der Waals surface area contributed by atoms with Gasteiger partial charge in [-0.2, -0.15) is 5.10 Å². The lowest BCUT2D eigenvalue weighted by atomic mass is 10.3. The number of rotatable bonds is 7. The van der Waals surface area contributed by atoms with Crippen molar-refractivity contribution in [1.29, 1.82) is 0 Å². The number of methoxy groups -OCH3 is 2. The van der Waals surface area contributed by atoms with E-state index >= 15 is 0 Å². The molecule has 0 aliphatic heterocycles. The largest absolute Gasteiger partial charge is 0.493 e. The second-order valence-corrected chi connectivity index (χ2v) is 6.05. The van der Waals surface area contributed by atoms with E-state index in [4.69, 9.17) is 21.7 Å². The van der Waals surface area contributed by atoms with Gasteiger partial charge in [0.25, 0.3) is 0 Å². The highest BCUT2D eigenvalue weighted by Crippen LogP contribution is 2.29. The first-order valence-electron chi connectivity index (χ1n) is 7.07. The first kappa shape index (κ1) is 17.6. The normalized spacial score (nSPS) is 10.2. The lowest BCUT2D eigenvalue weighted by Crippen LogP contribution is -2.29. The van der Waals surface area contributed by atoms with Crippen molar-refractivity contribution >= 4 is 38.9 Å². The minimum atomic E-state index is 0.568. The molecule has 8 heteroatoms. The lowest BCUT2D eigenvalue weighted by Gasteiger charge is -2.13. The summed E-state index contributed by atoms with van der Waals surface area (Å²) in [6, 6.07) is 5.56. The minimum absolute atomic E-state index is 0.568. The van der Waals surface area contributed by atoms with Gasteiger partial charge < -0.3 is 20.1 Å². The molecular formula is C15H19BrN4O2S. The summed E-state index contributed by atoms with van der Waals surface area (Å²) in [6.07, 6.45) is 4.64. The van der Waals surface area contributed by atoms with E-state index in [9.17, 15) is 0 Å². The van der Waals surface area contributed by atoms with Crippen molar-refractivity contribution in [3.63, 3.8) is 0 Å². The number of halogens is 1. The first-order valence-corrected chi connectivity index (χ1v) is 8.27. The fourth-order valence-corrected chi connectivity index (χ4v) is 2.54. The molecule has 23 heavy (non-hydrogen) atoms. The number of aromatic nitrogens is 2. The molecule has 0 aliphatic rings. The third-order valence-electron chi connectivity index (χ3n) is 3.09. The van der Waals surface area contributed by atoms with E-state index < -0.39 is 0 Å². The maximum atomic E-state index is 5.29. The topological polar surface area (TPSA) is 60.3 Å². The van der Waals surface area contributed by atoms with Gasteiger partial charge in [-0.25, -0.2) is 0 Å². The number of nitrogens with zero attached hydrogens (tertiary/aromatic N) is 2. The third kappa shape index (κ3) is 5.40. The second-order valence-electron chi connectivity index (χ2n) is 4.73. The molecule has 2 rings (SSSR count). The van der Waals surface area contributed by atoms with Gasteiger partial charge >= 0.3 is 0 Å². The average Bonchev–Trinajstić information content (AvgIpc) is 2.97. The van der Waals surface area contributed by atoms with Gasteiger partial charge in [-0.3, -0.25) is 4.68 Å². The summed E-state index contributed by atoms with van der Waals surface area (Å²) in [5, 5.41) is 11.1. The summed E-state index contributed by atoms with van der Waals surface area (Å²) >= 11 is 8.66. The fraction of sp³-hybridized carbons (Fsp3) is 0.333. The molecule has 0 fully saturated rings. The molecule has 0 atom stereocenters. The Labute approximate surface area is 149 Å². The zero-order valence-electron chi connectivity index (χ0n) is 13.0. The van der Waals surface area contributed by atoms with E-state index in [2.05, 4.69) is 31.7 Å². The summed E-state index contributed by atoms with van der Waals surface area (Å²) in [5.41, 5.74) is 0.844. The average molecular weight is 399 g/mol. The smallest absolute Gasteiger partial charge is 0.170 e. The van der Waals surface area contributed by atoms with E-state index in [1.807, 2.05) is 29.1 Å². The Morgan fingerprint density at radius 2 is 2.09 bits per heavy atom. The second kappa shape index (κ2) is 8.73. The predicted molar refractivity (Wildman–Crippen MR) is 98.3 cm³/mol. The Balaban J connectivity index is 1.76. The van der Waals surface area contributed by atoms with Crippen LogP contribution in [-0.2, 0) is 6.54 Å². The van der Waals surface area contributed by atoms with Crippen LogP contribution in [0, 0.1) is 0 Å². The monoisotopic (exact) mass is 398 g/mol. The molecular weight excluding hydrogens is 380 g/mol. The third-order valence-corrected chi connectivity index (χ3v) is 3.75. The quantitative estimate of drug-likeness (QED) is 0.552. The van der Waals surface area contributed by atoms with Gasteiger partial charge in [0.15, 0.2) is 16.6 Å². The number of ether oxygens (including phenoxy) is 2. The van der Waals surface area contributed by atoms with Crippen LogP contribution in [0.25, 0.3) is 0 Å². The van der Waals surface area contributed by atoms with Crippen molar-refractivity contribution in [2.45, 2.75) is 13.0 Å². The Bertz CT molecular complexity index is 663. The SMILES string of the molecule is COc1ccc(NC(=S)NCCCn2cc(Br)cn2)cc1OC. The van der Waals surface area contributed by atoms with E-state index in [0.717, 1.165) is 29.7 Å². The molecule has 2 N–H and O–H groups in total. The molecule has 0 spiro atoms. The van der Waals surface area contributed by atoms with Crippen LogP contribution >= 0.6 is 28.1 Å². The fourth-order valence-electron chi connectivity index (χ4n) is 1.99. The molecule has 0 radical (unpaired) electrons. The molecule has 0 bridgehead atoms. The van der Waals surface area contributed by atoms with Crippen molar-refractivity contribution < 1.29 is 9.47 Å². The van der Waals surface area contributed by atoms with Gasteiger partial charge in [0, 0.05) is 31.0 Å². The van der Waals surface area contributed by atoms with E-state index in [-0.39, 0.29) is 0 Å². The predicted octanol–water partition coefficient (Wildman–Crippen LogP) is 3.04. The lowest BCUT2D eigenvalue weighted by molar-refractivity contribution is 0.355. The number of aryl methyl sites for hydroxylation is 1. The number of benzene rings is 1. The van der Waals surface area contributed by atoms with Gasteiger partial charge in [0.1, 0.15) is 0 Å². The van der Waals surface area contributed by atoms with Gasteiger partial charge in [0.2, 0.25) is 0 Å². The van der Waals surface area contributed by atoms with Gasteiger partial charge in [-0.15, -0.1) is 0 Å². The summed E-state index contributed by atoms with van der Waals surface area (Å²) in [7, 11) is 3.21. The maximum Gasteiger partial charge on any atom is 0.170 e. The van der Waals surface area contributed by atoms with Crippen LogP contribution in [0.1, 0.15) is 6.42 Å². The maximum absolute atomic E-state index is 5.29. The molecule has 124 valence electrons. The van der Waals surface area contributed by atoms with Crippen LogP contribution < -0.4 is 20.1 Å². The zero-order valence-corrected chi connectivity index (χ0v) is 15.4. The molecule has 0 unspecified atom stereocenters. The van der Waals surface area contributed by atoms with Crippen molar-refractivity contribution in [1.82, 2.24) is 15.1 Å². The summed E-state index contributed by atoms with van der Waals surface area (Å²) in [5.74, 6) is 1.34. The Hall–Kier alpha value is -1.80. The summed E-state index contributed by atoms with van der Waals surface area (Å²) in [6.45, 7) is 1.59. The Morgan fingerprint density at radius 3 is 2.74 bits per heavy atom.